The highest BCUT2D eigenvalue weighted by atomic mass is 16.6. The Morgan fingerprint density at radius 3 is 2.31 bits per heavy atom. The zero-order chi connectivity index (χ0) is 21.2. The van der Waals surface area contributed by atoms with Gasteiger partial charge >= 0.3 is 12.1 Å². The van der Waals surface area contributed by atoms with Crippen LogP contribution in [0.15, 0.2) is 54.6 Å². The van der Waals surface area contributed by atoms with Gasteiger partial charge in [0.1, 0.15) is 18.4 Å². The number of rotatable bonds is 9. The van der Waals surface area contributed by atoms with Gasteiger partial charge in [-0.05, 0) is 24.1 Å². The van der Waals surface area contributed by atoms with Crippen molar-refractivity contribution in [3.05, 3.63) is 70.3 Å². The van der Waals surface area contributed by atoms with Crippen molar-refractivity contribution in [3.8, 4) is 5.75 Å². The zero-order valence-electron chi connectivity index (χ0n) is 15.3. The van der Waals surface area contributed by atoms with Gasteiger partial charge in [0.2, 0.25) is 5.91 Å². The summed E-state index contributed by atoms with van der Waals surface area (Å²) in [6.45, 7) is -0.00733. The topological polar surface area (TPSA) is 151 Å². The summed E-state index contributed by atoms with van der Waals surface area (Å²) >= 11 is 0. The van der Waals surface area contributed by atoms with Crippen LogP contribution < -0.4 is 15.8 Å². The van der Waals surface area contributed by atoms with Gasteiger partial charge in [0.25, 0.3) is 5.69 Å². The van der Waals surface area contributed by atoms with Crippen LogP contribution in [0, 0.1) is 10.1 Å². The lowest BCUT2D eigenvalue weighted by Gasteiger charge is -2.17. The average Bonchev–Trinajstić information content (AvgIpc) is 2.70. The number of amides is 2. The van der Waals surface area contributed by atoms with Gasteiger partial charge in [-0.25, -0.2) is 9.59 Å². The van der Waals surface area contributed by atoms with Gasteiger partial charge in [-0.1, -0.05) is 30.3 Å². The molecule has 2 amide bonds. The first kappa shape index (κ1) is 21.4. The monoisotopic (exact) mass is 401 g/mol. The fourth-order valence-electron chi connectivity index (χ4n) is 2.27. The molecule has 0 spiro atoms. The van der Waals surface area contributed by atoms with Crippen molar-refractivity contribution in [1.29, 1.82) is 0 Å². The van der Waals surface area contributed by atoms with Crippen LogP contribution in [-0.2, 0) is 20.9 Å². The molecule has 3 N–H and O–H groups in total. The van der Waals surface area contributed by atoms with Crippen molar-refractivity contribution >= 4 is 23.7 Å². The highest BCUT2D eigenvalue weighted by Gasteiger charge is 2.24. The summed E-state index contributed by atoms with van der Waals surface area (Å²) in [4.78, 5) is 45.5. The number of non-ortho nitro benzene ring substituents is 1. The fraction of sp³-hybridized carbons (Fsp3) is 0.211. The van der Waals surface area contributed by atoms with Crippen LogP contribution in [0.5, 0.6) is 5.75 Å². The van der Waals surface area contributed by atoms with Crippen LogP contribution in [0.1, 0.15) is 18.4 Å². The Morgan fingerprint density at radius 1 is 1.07 bits per heavy atom. The van der Waals surface area contributed by atoms with E-state index in [0.717, 1.165) is 5.56 Å². The summed E-state index contributed by atoms with van der Waals surface area (Å²) in [7, 11) is 0. The number of esters is 1. The van der Waals surface area contributed by atoms with Crippen molar-refractivity contribution in [2.75, 3.05) is 0 Å². The first-order chi connectivity index (χ1) is 13.8. The largest absolute Gasteiger partial charge is 0.445 e. The zero-order valence-corrected chi connectivity index (χ0v) is 15.3. The summed E-state index contributed by atoms with van der Waals surface area (Å²) in [5.41, 5.74) is 5.69. The minimum atomic E-state index is -1.19. The molecule has 0 bridgehead atoms. The molecule has 0 radical (unpaired) electrons. The SMILES string of the molecule is NC(=O)CC[C@H](NC(=O)OCc1ccccc1)C(=O)Oc1ccc([N+](=O)[O-])cc1. The molecule has 2 aromatic carbocycles. The van der Waals surface area contributed by atoms with Gasteiger partial charge in [-0.2, -0.15) is 0 Å². The van der Waals surface area contributed by atoms with Crippen LogP contribution >= 0.6 is 0 Å². The van der Waals surface area contributed by atoms with Gasteiger partial charge in [0.15, 0.2) is 0 Å². The van der Waals surface area contributed by atoms with Crippen LogP contribution in [0.3, 0.4) is 0 Å². The first-order valence-corrected chi connectivity index (χ1v) is 8.57. The number of alkyl carbamates (subject to hydrolysis) is 1. The number of hydrogen-bond acceptors (Lipinski definition) is 7. The van der Waals surface area contributed by atoms with E-state index in [0.29, 0.717) is 0 Å². The number of nitrogens with zero attached hydrogens (tertiary/aromatic N) is 1. The van der Waals surface area contributed by atoms with Crippen molar-refractivity contribution < 1.29 is 28.8 Å². The Hall–Kier alpha value is -3.95. The third-order valence-electron chi connectivity index (χ3n) is 3.73. The lowest BCUT2D eigenvalue weighted by atomic mass is 10.1. The van der Waals surface area contributed by atoms with Crippen LogP contribution in [0.25, 0.3) is 0 Å². The molecule has 2 rings (SSSR count). The summed E-state index contributed by atoms with van der Waals surface area (Å²) in [5.74, 6) is -1.47. The minimum Gasteiger partial charge on any atom is -0.445 e. The van der Waals surface area contributed by atoms with Crippen molar-refractivity contribution in [1.82, 2.24) is 5.32 Å². The van der Waals surface area contributed by atoms with Crippen LogP contribution in [0.4, 0.5) is 10.5 Å². The fourth-order valence-corrected chi connectivity index (χ4v) is 2.27. The molecule has 10 nitrogen and oxygen atoms in total. The highest BCUT2D eigenvalue weighted by molar-refractivity contribution is 5.84. The van der Waals surface area contributed by atoms with Crippen molar-refractivity contribution in [3.63, 3.8) is 0 Å². The number of carbonyl (C=O) groups is 3. The number of nitrogens with two attached hydrogens (primary N) is 1. The number of primary amides is 1. The number of carbonyl (C=O) groups excluding carboxylic acids is 3. The molecule has 2 aromatic rings. The van der Waals surface area contributed by atoms with E-state index in [2.05, 4.69) is 5.32 Å². The maximum Gasteiger partial charge on any atom is 0.408 e. The average molecular weight is 401 g/mol. The molecule has 0 heterocycles. The molecule has 0 aliphatic carbocycles. The molecular weight excluding hydrogens is 382 g/mol. The van der Waals surface area contributed by atoms with E-state index in [4.69, 9.17) is 15.2 Å². The second kappa shape index (κ2) is 10.4. The van der Waals surface area contributed by atoms with E-state index in [9.17, 15) is 24.5 Å². The number of hydrogen-bond donors (Lipinski definition) is 2. The number of nitro benzene ring substituents is 1. The van der Waals surface area contributed by atoms with Crippen LogP contribution in [-0.4, -0.2) is 28.9 Å². The molecule has 0 aromatic heterocycles. The quantitative estimate of drug-likeness (QED) is 0.282. The normalized spacial score (nSPS) is 11.2. The molecular formula is C19H19N3O7. The molecule has 152 valence electrons. The highest BCUT2D eigenvalue weighted by Crippen LogP contribution is 2.18. The molecule has 0 saturated carbocycles. The summed E-state index contributed by atoms with van der Waals surface area (Å²) < 4.78 is 10.2. The van der Waals surface area contributed by atoms with Gasteiger partial charge < -0.3 is 20.5 Å². The Bertz CT molecular complexity index is 869. The lowest BCUT2D eigenvalue weighted by molar-refractivity contribution is -0.384. The van der Waals surface area contributed by atoms with E-state index in [1.165, 1.54) is 24.3 Å². The second-order valence-electron chi connectivity index (χ2n) is 5.94. The second-order valence-corrected chi connectivity index (χ2v) is 5.94. The maximum atomic E-state index is 12.4. The molecule has 10 heteroatoms. The van der Waals surface area contributed by atoms with Gasteiger partial charge in [0.05, 0.1) is 4.92 Å². The Kier molecular flexibility index (Phi) is 7.66. The third kappa shape index (κ3) is 7.29. The molecule has 0 aliphatic heterocycles. The summed E-state index contributed by atoms with van der Waals surface area (Å²) in [6, 6.07) is 12.6. The first-order valence-electron chi connectivity index (χ1n) is 8.57. The van der Waals surface area contributed by atoms with E-state index in [1.54, 1.807) is 24.3 Å². The predicted octanol–water partition coefficient (Wildman–Crippen LogP) is 2.06. The standard InChI is InChI=1S/C19H19N3O7/c20-17(23)11-10-16(21-19(25)28-12-13-4-2-1-3-5-13)18(24)29-15-8-6-14(7-9-15)22(26)27/h1-9,16H,10-12H2,(H2,20,23)(H,21,25)/t16-/m0/s1. The Balaban J connectivity index is 1.97. The smallest absolute Gasteiger partial charge is 0.408 e. The third-order valence-corrected chi connectivity index (χ3v) is 3.73. The van der Waals surface area contributed by atoms with Gasteiger partial charge in [-0.3, -0.25) is 14.9 Å². The van der Waals surface area contributed by atoms with E-state index >= 15 is 0 Å². The number of ether oxygens (including phenoxy) is 2. The molecule has 0 aliphatic rings. The predicted molar refractivity (Wildman–Crippen MR) is 101 cm³/mol. The van der Waals surface area contributed by atoms with E-state index in [-0.39, 0.29) is 30.9 Å². The van der Waals surface area contributed by atoms with Gasteiger partial charge in [-0.15, -0.1) is 0 Å². The number of nitro groups is 1. The molecule has 0 fully saturated rings. The molecule has 1 atom stereocenters. The molecule has 29 heavy (non-hydrogen) atoms. The van der Waals surface area contributed by atoms with Crippen molar-refractivity contribution in [2.45, 2.75) is 25.5 Å². The lowest BCUT2D eigenvalue weighted by Crippen LogP contribution is -2.43. The van der Waals surface area contributed by atoms with Crippen molar-refractivity contribution in [2.24, 2.45) is 5.73 Å². The number of nitrogens with one attached hydrogen (secondary N) is 1. The Morgan fingerprint density at radius 2 is 1.72 bits per heavy atom. The van der Waals surface area contributed by atoms with E-state index < -0.39 is 28.9 Å². The molecule has 0 saturated heterocycles. The van der Waals surface area contributed by atoms with Gasteiger partial charge in [0, 0.05) is 18.6 Å². The van der Waals surface area contributed by atoms with Crippen LogP contribution in [0.2, 0.25) is 0 Å². The number of benzene rings is 2. The van der Waals surface area contributed by atoms with E-state index in [1.807, 2.05) is 6.07 Å². The maximum absolute atomic E-state index is 12.4. The Labute approximate surface area is 165 Å². The summed E-state index contributed by atoms with van der Waals surface area (Å²) in [5, 5.41) is 13.0. The molecule has 0 unspecified atom stereocenters. The summed E-state index contributed by atoms with van der Waals surface area (Å²) in [6.07, 6.45) is -1.13. The minimum absolute atomic E-state index is 0.00733.